The van der Waals surface area contributed by atoms with E-state index in [9.17, 15) is 4.79 Å². The standard InChI is InChI=1S/C18H18ClN3O3S2/c1-18(2,3)12-8-13(22-25-12)21-17(26)20-9-5-6-10-11(7-9)27-15(14(10)19)16(23)24-4/h5-8H,1-4H3,(H2,20,21,22,26). The highest BCUT2D eigenvalue weighted by Crippen LogP contribution is 2.37. The molecule has 2 aromatic heterocycles. The Morgan fingerprint density at radius 3 is 2.67 bits per heavy atom. The number of hydrogen-bond acceptors (Lipinski definition) is 6. The molecule has 3 aromatic rings. The normalized spacial score (nSPS) is 11.4. The lowest BCUT2D eigenvalue weighted by Crippen LogP contribution is -2.19. The molecule has 0 aliphatic rings. The fourth-order valence-corrected chi connectivity index (χ4v) is 4.02. The van der Waals surface area contributed by atoms with E-state index in [1.807, 2.05) is 45.0 Å². The maximum Gasteiger partial charge on any atom is 0.349 e. The Bertz CT molecular complexity index is 1020. The second kappa shape index (κ2) is 7.46. The molecular weight excluding hydrogens is 406 g/mol. The number of halogens is 1. The van der Waals surface area contributed by atoms with E-state index >= 15 is 0 Å². The predicted molar refractivity (Wildman–Crippen MR) is 113 cm³/mol. The van der Waals surface area contributed by atoms with Crippen LogP contribution in [0.5, 0.6) is 0 Å². The Morgan fingerprint density at radius 1 is 1.30 bits per heavy atom. The second-order valence-corrected chi connectivity index (χ2v) is 8.69. The first-order valence-corrected chi connectivity index (χ1v) is 9.65. The van der Waals surface area contributed by atoms with Crippen LogP contribution in [0.3, 0.4) is 0 Å². The number of methoxy groups -OCH3 is 1. The number of esters is 1. The van der Waals surface area contributed by atoms with Crippen molar-refractivity contribution >= 4 is 67.8 Å². The highest BCUT2D eigenvalue weighted by atomic mass is 35.5. The van der Waals surface area contributed by atoms with Gasteiger partial charge < -0.3 is 19.9 Å². The van der Waals surface area contributed by atoms with Gasteiger partial charge in [0.1, 0.15) is 10.6 Å². The van der Waals surface area contributed by atoms with Gasteiger partial charge in [-0.25, -0.2) is 4.79 Å². The van der Waals surface area contributed by atoms with Crippen molar-refractivity contribution in [2.75, 3.05) is 17.7 Å². The molecule has 27 heavy (non-hydrogen) atoms. The van der Waals surface area contributed by atoms with Crippen LogP contribution in [0.4, 0.5) is 11.5 Å². The van der Waals surface area contributed by atoms with Gasteiger partial charge in [-0.05, 0) is 30.4 Å². The Hall–Kier alpha value is -2.16. The smallest absolute Gasteiger partial charge is 0.349 e. The number of nitrogens with zero attached hydrogens (tertiary/aromatic N) is 1. The van der Waals surface area contributed by atoms with Crippen LogP contribution >= 0.6 is 35.2 Å². The largest absolute Gasteiger partial charge is 0.465 e. The molecule has 9 heteroatoms. The third kappa shape index (κ3) is 4.23. The van der Waals surface area contributed by atoms with Crippen molar-refractivity contribution in [3.63, 3.8) is 0 Å². The van der Waals surface area contributed by atoms with Crippen LogP contribution in [0.2, 0.25) is 5.02 Å². The molecule has 0 bridgehead atoms. The first kappa shape index (κ1) is 19.6. The Kier molecular flexibility index (Phi) is 5.41. The molecule has 0 fully saturated rings. The van der Waals surface area contributed by atoms with Gasteiger partial charge in [0.25, 0.3) is 0 Å². The minimum absolute atomic E-state index is 0.136. The number of ether oxygens (including phenoxy) is 1. The Balaban J connectivity index is 1.75. The number of carbonyl (C=O) groups excluding carboxylic acids is 1. The van der Waals surface area contributed by atoms with Crippen molar-refractivity contribution in [2.24, 2.45) is 0 Å². The van der Waals surface area contributed by atoms with Crippen molar-refractivity contribution in [1.82, 2.24) is 5.16 Å². The monoisotopic (exact) mass is 423 g/mol. The minimum Gasteiger partial charge on any atom is -0.465 e. The van der Waals surface area contributed by atoms with E-state index in [1.165, 1.54) is 18.4 Å². The van der Waals surface area contributed by atoms with Crippen LogP contribution < -0.4 is 10.6 Å². The first-order chi connectivity index (χ1) is 12.7. The van der Waals surface area contributed by atoms with Gasteiger partial charge in [0.15, 0.2) is 10.9 Å². The molecule has 0 aliphatic heterocycles. The van der Waals surface area contributed by atoms with E-state index in [-0.39, 0.29) is 5.41 Å². The SMILES string of the molecule is COC(=O)c1sc2cc(NC(=S)Nc3cc(C(C)(C)C)on3)ccc2c1Cl. The maximum atomic E-state index is 11.8. The topological polar surface area (TPSA) is 76.4 Å². The molecule has 0 aliphatic carbocycles. The predicted octanol–water partition coefficient (Wildman–Crippen LogP) is 5.44. The van der Waals surface area contributed by atoms with Crippen molar-refractivity contribution < 1.29 is 14.1 Å². The highest BCUT2D eigenvalue weighted by Gasteiger charge is 2.20. The van der Waals surface area contributed by atoms with E-state index in [1.54, 1.807) is 0 Å². The molecule has 0 spiro atoms. The number of nitrogens with one attached hydrogen (secondary N) is 2. The van der Waals surface area contributed by atoms with Crippen LogP contribution in [0.25, 0.3) is 10.1 Å². The molecule has 1 aromatic carbocycles. The summed E-state index contributed by atoms with van der Waals surface area (Å²) < 4.78 is 10.9. The number of anilines is 2. The molecule has 2 heterocycles. The zero-order chi connectivity index (χ0) is 19.8. The number of benzene rings is 1. The lowest BCUT2D eigenvalue weighted by molar-refractivity contribution is 0.0606. The van der Waals surface area contributed by atoms with Crippen LogP contribution in [-0.2, 0) is 10.2 Å². The molecular formula is C18H18ClN3O3S2. The zero-order valence-corrected chi connectivity index (χ0v) is 17.6. The Labute approximate surface area is 170 Å². The zero-order valence-electron chi connectivity index (χ0n) is 15.2. The molecule has 0 saturated heterocycles. The van der Waals surface area contributed by atoms with E-state index < -0.39 is 5.97 Å². The van der Waals surface area contributed by atoms with Crippen molar-refractivity contribution in [3.05, 3.63) is 39.9 Å². The van der Waals surface area contributed by atoms with Crippen LogP contribution in [0.15, 0.2) is 28.8 Å². The number of thiocarbonyl (C=S) groups is 1. The van der Waals surface area contributed by atoms with Gasteiger partial charge in [-0.15, -0.1) is 11.3 Å². The average Bonchev–Trinajstić information content (AvgIpc) is 3.19. The first-order valence-electron chi connectivity index (χ1n) is 8.04. The molecule has 0 atom stereocenters. The molecule has 0 unspecified atom stereocenters. The summed E-state index contributed by atoms with van der Waals surface area (Å²) in [6.07, 6.45) is 0. The molecule has 0 radical (unpaired) electrons. The van der Waals surface area contributed by atoms with E-state index in [0.717, 1.165) is 21.5 Å². The molecule has 6 nitrogen and oxygen atoms in total. The van der Waals surface area contributed by atoms with Gasteiger partial charge >= 0.3 is 5.97 Å². The third-order valence-electron chi connectivity index (χ3n) is 3.75. The number of aromatic nitrogens is 1. The summed E-state index contributed by atoms with van der Waals surface area (Å²) in [5.41, 5.74) is 0.622. The summed E-state index contributed by atoms with van der Waals surface area (Å²) in [6.45, 7) is 6.12. The molecule has 142 valence electrons. The quantitative estimate of drug-likeness (QED) is 0.429. The van der Waals surface area contributed by atoms with Gasteiger partial charge in [0.2, 0.25) is 0 Å². The van der Waals surface area contributed by atoms with E-state index in [0.29, 0.717) is 20.8 Å². The maximum absolute atomic E-state index is 11.8. The Morgan fingerprint density at radius 2 is 2.04 bits per heavy atom. The van der Waals surface area contributed by atoms with E-state index in [4.69, 9.17) is 33.1 Å². The second-order valence-electron chi connectivity index (χ2n) is 6.85. The van der Waals surface area contributed by atoms with Gasteiger partial charge in [0, 0.05) is 27.3 Å². The van der Waals surface area contributed by atoms with Crippen molar-refractivity contribution in [3.8, 4) is 0 Å². The average molecular weight is 424 g/mol. The van der Waals surface area contributed by atoms with Gasteiger partial charge in [0.05, 0.1) is 12.1 Å². The highest BCUT2D eigenvalue weighted by molar-refractivity contribution is 7.80. The van der Waals surface area contributed by atoms with Crippen LogP contribution in [-0.4, -0.2) is 23.3 Å². The summed E-state index contributed by atoms with van der Waals surface area (Å²) in [5.74, 6) is 0.844. The number of thiophene rings is 1. The van der Waals surface area contributed by atoms with Crippen molar-refractivity contribution in [1.29, 1.82) is 0 Å². The van der Waals surface area contributed by atoms with Gasteiger partial charge in [-0.3, -0.25) is 0 Å². The summed E-state index contributed by atoms with van der Waals surface area (Å²) in [4.78, 5) is 12.2. The molecule has 0 amide bonds. The third-order valence-corrected chi connectivity index (χ3v) is 5.59. The van der Waals surface area contributed by atoms with Gasteiger partial charge in [-0.1, -0.05) is 37.5 Å². The van der Waals surface area contributed by atoms with Crippen LogP contribution in [0, 0.1) is 0 Å². The number of hydrogen-bond donors (Lipinski definition) is 2. The summed E-state index contributed by atoms with van der Waals surface area (Å²) >= 11 is 12.9. The molecule has 3 rings (SSSR count). The summed E-state index contributed by atoms with van der Waals surface area (Å²) in [6, 6.07) is 7.35. The number of fused-ring (bicyclic) bond motifs is 1. The van der Waals surface area contributed by atoms with Crippen LogP contribution in [0.1, 0.15) is 36.2 Å². The summed E-state index contributed by atoms with van der Waals surface area (Å²) in [7, 11) is 1.33. The fourth-order valence-electron chi connectivity index (χ4n) is 2.33. The van der Waals surface area contributed by atoms with Gasteiger partial charge in [-0.2, -0.15) is 0 Å². The lowest BCUT2D eigenvalue weighted by Gasteiger charge is -2.12. The number of rotatable bonds is 3. The minimum atomic E-state index is -0.450. The fraction of sp³-hybridized carbons (Fsp3) is 0.278. The lowest BCUT2D eigenvalue weighted by atomic mass is 9.93. The van der Waals surface area contributed by atoms with E-state index in [2.05, 4.69) is 15.8 Å². The van der Waals surface area contributed by atoms with Crippen molar-refractivity contribution in [2.45, 2.75) is 26.2 Å². The molecule has 2 N–H and O–H groups in total. The number of carbonyl (C=O) groups is 1. The molecule has 0 saturated carbocycles. The summed E-state index contributed by atoms with van der Waals surface area (Å²) in [5, 5.41) is 11.6.